The fourth-order valence-corrected chi connectivity index (χ4v) is 3.70. The molecule has 0 saturated carbocycles. The second-order valence-electron chi connectivity index (χ2n) is 4.75. The van der Waals surface area contributed by atoms with Crippen LogP contribution < -0.4 is 10.0 Å². The minimum Gasteiger partial charge on any atom is -0.316 e. The molecule has 0 radical (unpaired) electrons. The van der Waals surface area contributed by atoms with E-state index in [-0.39, 0.29) is 12.0 Å². The molecular formula is C12H16F2N2O2S. The molecule has 0 aromatic heterocycles. The van der Waals surface area contributed by atoms with E-state index in [1.165, 1.54) is 0 Å². The van der Waals surface area contributed by atoms with E-state index in [1.807, 2.05) is 6.92 Å². The van der Waals surface area contributed by atoms with Crippen LogP contribution in [0.5, 0.6) is 0 Å². The van der Waals surface area contributed by atoms with Gasteiger partial charge in [-0.05, 0) is 37.6 Å². The standard InChI is InChI=1S/C12H16F2N2O2S/c1-8-7-15-6-5-11(8)16-19(17,18)12-9(13)3-2-4-10(12)14/h2-4,8,11,15-16H,5-7H2,1H3. The number of hydrogen-bond acceptors (Lipinski definition) is 3. The molecule has 0 spiro atoms. The second-order valence-corrected chi connectivity index (χ2v) is 6.40. The van der Waals surface area contributed by atoms with Gasteiger partial charge in [-0.3, -0.25) is 0 Å². The molecule has 2 unspecified atom stereocenters. The molecule has 1 aliphatic heterocycles. The van der Waals surface area contributed by atoms with E-state index in [0.29, 0.717) is 19.5 Å². The molecular weight excluding hydrogens is 274 g/mol. The molecule has 0 bridgehead atoms. The van der Waals surface area contributed by atoms with Crippen LogP contribution in [0.1, 0.15) is 13.3 Å². The van der Waals surface area contributed by atoms with Crippen molar-refractivity contribution in [2.24, 2.45) is 5.92 Å². The maximum atomic E-state index is 13.5. The Balaban J connectivity index is 2.27. The van der Waals surface area contributed by atoms with Crippen LogP contribution in [-0.4, -0.2) is 27.5 Å². The average Bonchev–Trinajstić information content (AvgIpc) is 2.31. The van der Waals surface area contributed by atoms with Crippen molar-refractivity contribution in [1.29, 1.82) is 0 Å². The van der Waals surface area contributed by atoms with Gasteiger partial charge in [-0.2, -0.15) is 0 Å². The molecule has 7 heteroatoms. The first-order chi connectivity index (χ1) is 8.92. The summed E-state index contributed by atoms with van der Waals surface area (Å²) in [5.74, 6) is -2.08. The van der Waals surface area contributed by atoms with Crippen LogP contribution in [0.15, 0.2) is 23.1 Å². The van der Waals surface area contributed by atoms with E-state index >= 15 is 0 Å². The Bertz CT molecular complexity index is 543. The number of rotatable bonds is 3. The summed E-state index contributed by atoms with van der Waals surface area (Å²) in [6.07, 6.45) is 0.594. The van der Waals surface area contributed by atoms with Crippen molar-refractivity contribution < 1.29 is 17.2 Å². The van der Waals surface area contributed by atoms with E-state index < -0.39 is 26.6 Å². The molecule has 1 aromatic rings. The highest BCUT2D eigenvalue weighted by Gasteiger charge is 2.30. The number of sulfonamides is 1. The highest BCUT2D eigenvalue weighted by Crippen LogP contribution is 2.20. The topological polar surface area (TPSA) is 58.2 Å². The molecule has 1 aliphatic rings. The first-order valence-corrected chi connectivity index (χ1v) is 7.57. The quantitative estimate of drug-likeness (QED) is 0.880. The van der Waals surface area contributed by atoms with Crippen LogP contribution in [0.3, 0.4) is 0 Å². The normalized spacial score (nSPS) is 24.4. The van der Waals surface area contributed by atoms with E-state index in [9.17, 15) is 17.2 Å². The third-order valence-corrected chi connectivity index (χ3v) is 4.82. The van der Waals surface area contributed by atoms with Gasteiger partial charge in [0, 0.05) is 6.04 Å². The van der Waals surface area contributed by atoms with E-state index in [1.54, 1.807) is 0 Å². The highest BCUT2D eigenvalue weighted by molar-refractivity contribution is 7.89. The Labute approximate surface area is 111 Å². The first kappa shape index (κ1) is 14.4. The smallest absolute Gasteiger partial charge is 0.246 e. The van der Waals surface area contributed by atoms with Gasteiger partial charge in [0.1, 0.15) is 11.6 Å². The summed E-state index contributed by atoms with van der Waals surface area (Å²) < 4.78 is 53.6. The lowest BCUT2D eigenvalue weighted by Gasteiger charge is -2.30. The minimum absolute atomic E-state index is 0.0679. The Kier molecular flexibility index (Phi) is 4.17. The van der Waals surface area contributed by atoms with Crippen molar-refractivity contribution in [1.82, 2.24) is 10.0 Å². The summed E-state index contributed by atoms with van der Waals surface area (Å²) in [4.78, 5) is -0.902. The maximum absolute atomic E-state index is 13.5. The Hall–Kier alpha value is -1.05. The number of nitrogens with one attached hydrogen (secondary N) is 2. The van der Waals surface area contributed by atoms with Gasteiger partial charge >= 0.3 is 0 Å². The van der Waals surface area contributed by atoms with Crippen molar-refractivity contribution in [3.05, 3.63) is 29.8 Å². The summed E-state index contributed by atoms with van der Waals surface area (Å²) in [6, 6.07) is 2.69. The van der Waals surface area contributed by atoms with Gasteiger partial charge in [0.05, 0.1) is 0 Å². The van der Waals surface area contributed by atoms with Crippen molar-refractivity contribution in [2.75, 3.05) is 13.1 Å². The third kappa shape index (κ3) is 3.10. The minimum atomic E-state index is -4.18. The Morgan fingerprint density at radius 2 is 1.95 bits per heavy atom. The van der Waals surface area contributed by atoms with Crippen LogP contribution in [-0.2, 0) is 10.0 Å². The van der Waals surface area contributed by atoms with Crippen molar-refractivity contribution >= 4 is 10.0 Å². The molecule has 1 saturated heterocycles. The van der Waals surface area contributed by atoms with Crippen LogP contribution >= 0.6 is 0 Å². The van der Waals surface area contributed by atoms with Gasteiger partial charge in [0.25, 0.3) is 0 Å². The molecule has 0 aliphatic carbocycles. The van der Waals surface area contributed by atoms with Gasteiger partial charge in [-0.1, -0.05) is 13.0 Å². The monoisotopic (exact) mass is 290 g/mol. The van der Waals surface area contributed by atoms with Crippen LogP contribution in [0.25, 0.3) is 0 Å². The second kappa shape index (κ2) is 5.52. The lowest BCUT2D eigenvalue weighted by Crippen LogP contribution is -2.48. The Morgan fingerprint density at radius 3 is 2.53 bits per heavy atom. The van der Waals surface area contributed by atoms with Crippen LogP contribution in [0.4, 0.5) is 8.78 Å². The number of hydrogen-bond donors (Lipinski definition) is 2. The molecule has 4 nitrogen and oxygen atoms in total. The van der Waals surface area contributed by atoms with Crippen molar-refractivity contribution in [3.8, 4) is 0 Å². The predicted molar refractivity (Wildman–Crippen MR) is 67.1 cm³/mol. The van der Waals surface area contributed by atoms with Gasteiger partial charge in [-0.15, -0.1) is 0 Å². The molecule has 0 amide bonds. The summed E-state index contributed by atoms with van der Waals surface area (Å²) in [6.45, 7) is 3.24. The van der Waals surface area contributed by atoms with Crippen LogP contribution in [0.2, 0.25) is 0 Å². The largest absolute Gasteiger partial charge is 0.316 e. The molecule has 19 heavy (non-hydrogen) atoms. The summed E-state index contributed by atoms with van der Waals surface area (Å²) >= 11 is 0. The average molecular weight is 290 g/mol. The lowest BCUT2D eigenvalue weighted by molar-refractivity contribution is 0.327. The first-order valence-electron chi connectivity index (χ1n) is 6.09. The SMILES string of the molecule is CC1CNCCC1NS(=O)(=O)c1c(F)cccc1F. The van der Waals surface area contributed by atoms with Gasteiger partial charge in [-0.25, -0.2) is 21.9 Å². The van der Waals surface area contributed by atoms with E-state index in [4.69, 9.17) is 0 Å². The summed E-state index contributed by atoms with van der Waals surface area (Å²) in [5, 5.41) is 3.13. The molecule has 1 aromatic carbocycles. The number of halogens is 2. The molecule has 2 N–H and O–H groups in total. The molecule has 106 valence electrons. The van der Waals surface area contributed by atoms with E-state index in [2.05, 4.69) is 10.0 Å². The van der Waals surface area contributed by atoms with Gasteiger partial charge in [0.15, 0.2) is 4.90 Å². The zero-order valence-electron chi connectivity index (χ0n) is 10.5. The highest BCUT2D eigenvalue weighted by atomic mass is 32.2. The number of benzene rings is 1. The maximum Gasteiger partial charge on any atom is 0.246 e. The fourth-order valence-electron chi connectivity index (χ4n) is 2.19. The zero-order valence-corrected chi connectivity index (χ0v) is 11.3. The van der Waals surface area contributed by atoms with E-state index in [0.717, 1.165) is 18.2 Å². The van der Waals surface area contributed by atoms with Crippen molar-refractivity contribution in [2.45, 2.75) is 24.3 Å². The molecule has 1 fully saturated rings. The fraction of sp³-hybridized carbons (Fsp3) is 0.500. The van der Waals surface area contributed by atoms with Gasteiger partial charge in [0.2, 0.25) is 10.0 Å². The Morgan fingerprint density at radius 1 is 1.32 bits per heavy atom. The lowest BCUT2D eigenvalue weighted by atomic mass is 9.97. The summed E-state index contributed by atoms with van der Waals surface area (Å²) in [5.41, 5.74) is 0. The van der Waals surface area contributed by atoms with Crippen molar-refractivity contribution in [3.63, 3.8) is 0 Å². The zero-order chi connectivity index (χ0) is 14.0. The third-order valence-electron chi connectivity index (χ3n) is 3.28. The van der Waals surface area contributed by atoms with Gasteiger partial charge < -0.3 is 5.32 Å². The predicted octanol–water partition coefficient (Wildman–Crippen LogP) is 1.24. The molecule has 1 heterocycles. The molecule has 2 atom stereocenters. The summed E-state index contributed by atoms with van der Waals surface area (Å²) in [7, 11) is -4.18. The number of piperidine rings is 1. The molecule has 2 rings (SSSR count). The van der Waals surface area contributed by atoms with Crippen LogP contribution in [0, 0.1) is 17.6 Å².